The maximum atomic E-state index is 11.8. The molecule has 1 heterocycles. The van der Waals surface area contributed by atoms with Crippen LogP contribution in [0.1, 0.15) is 10.4 Å². The topological polar surface area (TPSA) is 39.2 Å². The van der Waals surface area contributed by atoms with E-state index < -0.39 is 0 Å². The van der Waals surface area contributed by atoms with Crippen molar-refractivity contribution < 1.29 is 9.53 Å². The molecule has 0 fully saturated rings. The molecule has 0 spiro atoms. The number of ether oxygens (including phenoxy) is 1. The summed E-state index contributed by atoms with van der Waals surface area (Å²) in [5.41, 5.74) is 2.03. The summed E-state index contributed by atoms with van der Waals surface area (Å²) in [4.78, 5) is 16.3. The SMILES string of the molecule is COC(=O)c1ccc2c(Br)cnc(-c3ccccc3Cl)c2c1. The van der Waals surface area contributed by atoms with Gasteiger partial charge in [0.05, 0.1) is 18.4 Å². The predicted octanol–water partition coefficient (Wildman–Crippen LogP) is 5.10. The zero-order chi connectivity index (χ0) is 15.7. The number of esters is 1. The molecule has 0 aliphatic rings. The maximum absolute atomic E-state index is 11.8. The summed E-state index contributed by atoms with van der Waals surface area (Å²) in [5.74, 6) is -0.382. The normalized spacial score (nSPS) is 10.7. The Hall–Kier alpha value is -1.91. The molecule has 3 aromatic rings. The highest BCUT2D eigenvalue weighted by Crippen LogP contribution is 2.35. The number of nitrogens with zero attached hydrogens (tertiary/aromatic N) is 1. The van der Waals surface area contributed by atoms with E-state index in [1.54, 1.807) is 18.3 Å². The van der Waals surface area contributed by atoms with Gasteiger partial charge < -0.3 is 4.74 Å². The summed E-state index contributed by atoms with van der Waals surface area (Å²) in [7, 11) is 1.36. The number of fused-ring (bicyclic) bond motifs is 1. The minimum absolute atomic E-state index is 0.382. The molecule has 0 saturated carbocycles. The van der Waals surface area contributed by atoms with E-state index in [0.717, 1.165) is 26.5 Å². The Morgan fingerprint density at radius 2 is 1.95 bits per heavy atom. The number of hydrogen-bond acceptors (Lipinski definition) is 3. The van der Waals surface area contributed by atoms with Gasteiger partial charge >= 0.3 is 5.97 Å². The lowest BCUT2D eigenvalue weighted by Crippen LogP contribution is -2.01. The smallest absolute Gasteiger partial charge is 0.337 e. The molecule has 1 aromatic heterocycles. The number of pyridine rings is 1. The standard InChI is InChI=1S/C17H11BrClNO2/c1-22-17(21)10-6-7-11-13(8-10)16(20-9-14(11)18)12-4-2-3-5-15(12)19/h2-9H,1H3. The number of halogens is 2. The van der Waals surface area contributed by atoms with Crippen LogP contribution < -0.4 is 0 Å². The Bertz CT molecular complexity index is 880. The number of carbonyl (C=O) groups excluding carboxylic acids is 1. The average Bonchev–Trinajstić information content (AvgIpc) is 2.55. The molecular weight excluding hydrogens is 366 g/mol. The van der Waals surface area contributed by atoms with Crippen LogP contribution in [0.3, 0.4) is 0 Å². The molecule has 0 N–H and O–H groups in total. The number of benzene rings is 2. The van der Waals surface area contributed by atoms with E-state index in [-0.39, 0.29) is 5.97 Å². The largest absolute Gasteiger partial charge is 0.465 e. The molecule has 0 radical (unpaired) electrons. The van der Waals surface area contributed by atoms with Crippen LogP contribution in [0.4, 0.5) is 0 Å². The Morgan fingerprint density at radius 3 is 2.68 bits per heavy atom. The van der Waals surface area contributed by atoms with E-state index in [0.29, 0.717) is 10.6 Å². The second kappa shape index (κ2) is 6.07. The van der Waals surface area contributed by atoms with Gasteiger partial charge in [0.25, 0.3) is 0 Å². The Morgan fingerprint density at radius 1 is 1.18 bits per heavy atom. The van der Waals surface area contributed by atoms with E-state index in [1.165, 1.54) is 7.11 Å². The van der Waals surface area contributed by atoms with Crippen molar-refractivity contribution in [3.63, 3.8) is 0 Å². The highest BCUT2D eigenvalue weighted by Gasteiger charge is 2.14. The molecule has 0 aliphatic carbocycles. The van der Waals surface area contributed by atoms with Crippen LogP contribution in [0.15, 0.2) is 53.1 Å². The predicted molar refractivity (Wildman–Crippen MR) is 91.2 cm³/mol. The molecule has 3 nitrogen and oxygen atoms in total. The van der Waals surface area contributed by atoms with Crippen molar-refractivity contribution in [3.8, 4) is 11.3 Å². The quantitative estimate of drug-likeness (QED) is 0.584. The molecule has 0 bridgehead atoms. The summed E-state index contributed by atoms with van der Waals surface area (Å²) in [6.45, 7) is 0. The van der Waals surface area contributed by atoms with Crippen LogP contribution in [0, 0.1) is 0 Å². The van der Waals surface area contributed by atoms with Crippen LogP contribution in [0.2, 0.25) is 5.02 Å². The maximum Gasteiger partial charge on any atom is 0.337 e. The van der Waals surface area contributed by atoms with Gasteiger partial charge in [-0.25, -0.2) is 4.79 Å². The molecule has 5 heteroatoms. The lowest BCUT2D eigenvalue weighted by molar-refractivity contribution is 0.0601. The van der Waals surface area contributed by atoms with Gasteiger partial charge in [0.1, 0.15) is 0 Å². The van der Waals surface area contributed by atoms with Gasteiger partial charge in [0.15, 0.2) is 0 Å². The molecule has 110 valence electrons. The van der Waals surface area contributed by atoms with E-state index in [1.807, 2.05) is 30.3 Å². The number of rotatable bonds is 2. The summed E-state index contributed by atoms with van der Waals surface area (Å²) >= 11 is 9.77. The third-order valence-electron chi connectivity index (χ3n) is 3.39. The minimum atomic E-state index is -0.382. The summed E-state index contributed by atoms with van der Waals surface area (Å²) in [6.07, 6.45) is 1.73. The van der Waals surface area contributed by atoms with Crippen molar-refractivity contribution in [2.24, 2.45) is 0 Å². The van der Waals surface area contributed by atoms with Crippen molar-refractivity contribution in [1.29, 1.82) is 0 Å². The van der Waals surface area contributed by atoms with E-state index >= 15 is 0 Å². The monoisotopic (exact) mass is 375 g/mol. The van der Waals surface area contributed by atoms with E-state index in [4.69, 9.17) is 16.3 Å². The average molecular weight is 377 g/mol. The molecule has 0 aliphatic heterocycles. The Balaban J connectivity index is 2.33. The lowest BCUT2D eigenvalue weighted by Gasteiger charge is -2.10. The van der Waals surface area contributed by atoms with Crippen LogP contribution >= 0.6 is 27.5 Å². The molecule has 22 heavy (non-hydrogen) atoms. The van der Waals surface area contributed by atoms with Gasteiger partial charge in [-0.2, -0.15) is 0 Å². The van der Waals surface area contributed by atoms with Crippen LogP contribution in [0.25, 0.3) is 22.0 Å². The van der Waals surface area contributed by atoms with Gasteiger partial charge in [-0.1, -0.05) is 35.9 Å². The third kappa shape index (κ3) is 2.60. The fraction of sp³-hybridized carbons (Fsp3) is 0.0588. The summed E-state index contributed by atoms with van der Waals surface area (Å²) in [6, 6.07) is 12.9. The first-order valence-corrected chi connectivity index (χ1v) is 7.70. The second-order valence-electron chi connectivity index (χ2n) is 4.69. The highest BCUT2D eigenvalue weighted by molar-refractivity contribution is 9.10. The molecule has 3 rings (SSSR count). The zero-order valence-electron chi connectivity index (χ0n) is 11.6. The van der Waals surface area contributed by atoms with Crippen LogP contribution in [-0.4, -0.2) is 18.1 Å². The van der Waals surface area contributed by atoms with Crippen molar-refractivity contribution in [1.82, 2.24) is 4.98 Å². The summed E-state index contributed by atoms with van der Waals surface area (Å²) in [5, 5.41) is 2.41. The molecule has 0 atom stereocenters. The second-order valence-corrected chi connectivity index (χ2v) is 5.95. The van der Waals surface area contributed by atoms with Crippen molar-refractivity contribution in [2.45, 2.75) is 0 Å². The number of carbonyl (C=O) groups is 1. The lowest BCUT2D eigenvalue weighted by atomic mass is 10.0. The molecule has 0 saturated heterocycles. The molecule has 0 unspecified atom stereocenters. The fourth-order valence-electron chi connectivity index (χ4n) is 2.32. The number of aromatic nitrogens is 1. The van der Waals surface area contributed by atoms with E-state index in [9.17, 15) is 4.79 Å². The summed E-state index contributed by atoms with van der Waals surface area (Å²) < 4.78 is 5.64. The van der Waals surface area contributed by atoms with Crippen molar-refractivity contribution in [2.75, 3.05) is 7.11 Å². The highest BCUT2D eigenvalue weighted by atomic mass is 79.9. The third-order valence-corrected chi connectivity index (χ3v) is 4.35. The Kier molecular flexibility index (Phi) is 4.14. The number of hydrogen-bond donors (Lipinski definition) is 0. The first-order chi connectivity index (χ1) is 10.6. The van der Waals surface area contributed by atoms with Crippen molar-refractivity contribution in [3.05, 3.63) is 63.7 Å². The van der Waals surface area contributed by atoms with Gasteiger partial charge in [-0.3, -0.25) is 4.98 Å². The van der Waals surface area contributed by atoms with E-state index in [2.05, 4.69) is 20.9 Å². The number of methoxy groups -OCH3 is 1. The van der Waals surface area contributed by atoms with Crippen LogP contribution in [-0.2, 0) is 4.74 Å². The first-order valence-electron chi connectivity index (χ1n) is 6.53. The van der Waals surface area contributed by atoms with Crippen molar-refractivity contribution >= 4 is 44.3 Å². The molecule has 2 aromatic carbocycles. The Labute approximate surface area is 141 Å². The van der Waals surface area contributed by atoms with Gasteiger partial charge in [0, 0.05) is 26.6 Å². The zero-order valence-corrected chi connectivity index (χ0v) is 14.0. The molecular formula is C17H11BrClNO2. The van der Waals surface area contributed by atoms with Gasteiger partial charge in [0.2, 0.25) is 0 Å². The fourth-order valence-corrected chi connectivity index (χ4v) is 2.99. The first kappa shape index (κ1) is 15.0. The molecule has 0 amide bonds. The van der Waals surface area contributed by atoms with Gasteiger partial charge in [-0.15, -0.1) is 0 Å². The van der Waals surface area contributed by atoms with Crippen LogP contribution in [0.5, 0.6) is 0 Å². The minimum Gasteiger partial charge on any atom is -0.465 e. The van der Waals surface area contributed by atoms with Gasteiger partial charge in [-0.05, 0) is 39.5 Å².